The minimum absolute atomic E-state index is 0.222. The van der Waals surface area contributed by atoms with Crippen LogP contribution >= 0.6 is 0 Å². The lowest BCUT2D eigenvalue weighted by atomic mass is 9.95. The Bertz CT molecular complexity index is 499. The van der Waals surface area contributed by atoms with E-state index in [0.717, 1.165) is 25.1 Å². The zero-order valence-corrected chi connectivity index (χ0v) is 13.0. The molecule has 0 aromatic carbocycles. The van der Waals surface area contributed by atoms with Gasteiger partial charge in [-0.05, 0) is 39.7 Å². The molecule has 2 N–H and O–H groups in total. The molecule has 1 unspecified atom stereocenters. The zero-order chi connectivity index (χ0) is 15.5. The standard InChI is InChI=1S/C15H24N4O2/c1-15(2,3)21-14(20)19-8-4-5-11(10-19)12-6-7-17-13(9-16)18-12/h6-7,11H,4-5,8-10,16H2,1-3H3. The third-order valence-electron chi connectivity index (χ3n) is 3.40. The summed E-state index contributed by atoms with van der Waals surface area (Å²) in [6.07, 6.45) is 3.45. The number of hydrogen-bond acceptors (Lipinski definition) is 5. The number of likely N-dealkylation sites (tertiary alicyclic amines) is 1. The fraction of sp³-hybridized carbons (Fsp3) is 0.667. The van der Waals surface area contributed by atoms with E-state index < -0.39 is 5.60 Å². The monoisotopic (exact) mass is 292 g/mol. The van der Waals surface area contributed by atoms with Crippen molar-refractivity contribution in [2.24, 2.45) is 5.73 Å². The van der Waals surface area contributed by atoms with Gasteiger partial charge in [-0.3, -0.25) is 0 Å². The first kappa shape index (κ1) is 15.7. The van der Waals surface area contributed by atoms with Gasteiger partial charge in [-0.2, -0.15) is 0 Å². The first-order valence-corrected chi connectivity index (χ1v) is 7.39. The van der Waals surface area contributed by atoms with Gasteiger partial charge in [0.1, 0.15) is 11.4 Å². The van der Waals surface area contributed by atoms with Crippen molar-refractivity contribution in [3.8, 4) is 0 Å². The topological polar surface area (TPSA) is 81.3 Å². The number of nitrogens with two attached hydrogens (primary N) is 1. The lowest BCUT2D eigenvalue weighted by molar-refractivity contribution is 0.0197. The molecule has 116 valence electrons. The maximum Gasteiger partial charge on any atom is 0.410 e. The molecule has 1 aromatic heterocycles. The molecular formula is C15H24N4O2. The van der Waals surface area contributed by atoms with Crippen molar-refractivity contribution in [1.82, 2.24) is 14.9 Å². The molecule has 0 bridgehead atoms. The summed E-state index contributed by atoms with van der Waals surface area (Å²) in [7, 11) is 0. The maximum absolute atomic E-state index is 12.2. The maximum atomic E-state index is 12.2. The van der Waals surface area contributed by atoms with Gasteiger partial charge >= 0.3 is 6.09 Å². The predicted octanol–water partition coefficient (Wildman–Crippen LogP) is 2.05. The number of aromatic nitrogens is 2. The highest BCUT2D eigenvalue weighted by Crippen LogP contribution is 2.26. The average Bonchev–Trinajstić information content (AvgIpc) is 2.46. The van der Waals surface area contributed by atoms with Gasteiger partial charge in [0.15, 0.2) is 0 Å². The number of piperidine rings is 1. The predicted molar refractivity (Wildman–Crippen MR) is 79.7 cm³/mol. The third kappa shape index (κ3) is 4.39. The number of ether oxygens (including phenoxy) is 1. The van der Waals surface area contributed by atoms with Crippen molar-refractivity contribution in [3.05, 3.63) is 23.8 Å². The highest BCUT2D eigenvalue weighted by molar-refractivity contribution is 5.68. The summed E-state index contributed by atoms with van der Waals surface area (Å²) in [5.74, 6) is 0.862. The van der Waals surface area contributed by atoms with Crippen molar-refractivity contribution < 1.29 is 9.53 Å². The molecule has 6 nitrogen and oxygen atoms in total. The first-order valence-electron chi connectivity index (χ1n) is 7.39. The molecule has 1 saturated heterocycles. The number of amides is 1. The molecule has 0 saturated carbocycles. The lowest BCUT2D eigenvalue weighted by Crippen LogP contribution is -2.42. The smallest absolute Gasteiger partial charge is 0.410 e. The Kier molecular flexibility index (Phi) is 4.77. The SMILES string of the molecule is CC(C)(C)OC(=O)N1CCCC(c2ccnc(CN)n2)C1. The molecule has 1 fully saturated rings. The highest BCUT2D eigenvalue weighted by Gasteiger charge is 2.28. The molecule has 1 aromatic rings. The van der Waals surface area contributed by atoms with Crippen LogP contribution < -0.4 is 5.73 Å². The number of nitrogens with zero attached hydrogens (tertiary/aromatic N) is 3. The number of hydrogen-bond donors (Lipinski definition) is 1. The van der Waals surface area contributed by atoms with Crippen LogP contribution in [-0.4, -0.2) is 39.7 Å². The molecule has 0 radical (unpaired) electrons. The zero-order valence-electron chi connectivity index (χ0n) is 13.0. The minimum atomic E-state index is -0.467. The normalized spacial score (nSPS) is 19.4. The van der Waals surface area contributed by atoms with Crippen LogP contribution in [-0.2, 0) is 11.3 Å². The summed E-state index contributed by atoms with van der Waals surface area (Å²) in [6.45, 7) is 7.34. The van der Waals surface area contributed by atoms with E-state index in [1.165, 1.54) is 0 Å². The summed E-state index contributed by atoms with van der Waals surface area (Å²) in [5.41, 5.74) is 6.07. The molecule has 1 amide bonds. The summed E-state index contributed by atoms with van der Waals surface area (Å²) < 4.78 is 5.44. The average molecular weight is 292 g/mol. The Labute approximate surface area is 125 Å². The Morgan fingerprint density at radius 2 is 2.29 bits per heavy atom. The highest BCUT2D eigenvalue weighted by atomic mass is 16.6. The molecule has 0 aliphatic carbocycles. The van der Waals surface area contributed by atoms with E-state index in [0.29, 0.717) is 18.9 Å². The summed E-state index contributed by atoms with van der Waals surface area (Å²) in [5, 5.41) is 0. The molecule has 2 rings (SSSR count). The van der Waals surface area contributed by atoms with Crippen LogP contribution in [0.4, 0.5) is 4.79 Å². The summed E-state index contributed by atoms with van der Waals surface area (Å²) >= 11 is 0. The quantitative estimate of drug-likeness (QED) is 0.902. The van der Waals surface area contributed by atoms with Crippen LogP contribution in [0.1, 0.15) is 51.0 Å². The second-order valence-electron chi connectivity index (χ2n) is 6.37. The van der Waals surface area contributed by atoms with Gasteiger partial charge in [0, 0.05) is 30.9 Å². The van der Waals surface area contributed by atoms with Gasteiger partial charge < -0.3 is 15.4 Å². The Balaban J connectivity index is 2.04. The van der Waals surface area contributed by atoms with Gasteiger partial charge in [-0.15, -0.1) is 0 Å². The van der Waals surface area contributed by atoms with E-state index in [4.69, 9.17) is 10.5 Å². The fourth-order valence-electron chi connectivity index (χ4n) is 2.45. The Morgan fingerprint density at radius 3 is 2.95 bits per heavy atom. The van der Waals surface area contributed by atoms with Crippen LogP contribution in [0, 0.1) is 0 Å². The van der Waals surface area contributed by atoms with Crippen LogP contribution in [0.2, 0.25) is 0 Å². The number of carbonyl (C=O) groups is 1. The second kappa shape index (κ2) is 6.39. The van der Waals surface area contributed by atoms with Gasteiger partial charge in [0.05, 0.1) is 6.54 Å². The minimum Gasteiger partial charge on any atom is -0.444 e. The van der Waals surface area contributed by atoms with E-state index >= 15 is 0 Å². The Hall–Kier alpha value is -1.69. The molecule has 2 heterocycles. The molecule has 21 heavy (non-hydrogen) atoms. The van der Waals surface area contributed by atoms with Crippen LogP contribution in [0.5, 0.6) is 0 Å². The second-order valence-corrected chi connectivity index (χ2v) is 6.37. The molecular weight excluding hydrogens is 268 g/mol. The number of rotatable bonds is 2. The van der Waals surface area contributed by atoms with Crippen molar-refractivity contribution >= 4 is 6.09 Å². The van der Waals surface area contributed by atoms with Gasteiger partial charge in [0.2, 0.25) is 0 Å². The first-order chi connectivity index (χ1) is 9.89. The van der Waals surface area contributed by atoms with Gasteiger partial charge in [-0.1, -0.05) is 0 Å². The van der Waals surface area contributed by atoms with E-state index in [1.54, 1.807) is 11.1 Å². The summed E-state index contributed by atoms with van der Waals surface area (Å²) in [6, 6.07) is 1.91. The van der Waals surface area contributed by atoms with E-state index in [1.807, 2.05) is 26.8 Å². The van der Waals surface area contributed by atoms with E-state index in [9.17, 15) is 4.79 Å². The van der Waals surface area contributed by atoms with Gasteiger partial charge in [0.25, 0.3) is 0 Å². The third-order valence-corrected chi connectivity index (χ3v) is 3.40. The van der Waals surface area contributed by atoms with Crippen LogP contribution in [0.3, 0.4) is 0 Å². The molecule has 1 atom stereocenters. The van der Waals surface area contributed by atoms with Crippen molar-refractivity contribution in [2.75, 3.05) is 13.1 Å². The molecule has 1 aliphatic rings. The molecule has 0 spiro atoms. The van der Waals surface area contributed by atoms with E-state index in [-0.39, 0.29) is 12.0 Å². The summed E-state index contributed by atoms with van der Waals surface area (Å²) in [4.78, 5) is 22.5. The van der Waals surface area contributed by atoms with Crippen molar-refractivity contribution in [2.45, 2.75) is 51.7 Å². The molecule has 1 aliphatic heterocycles. The fourth-order valence-corrected chi connectivity index (χ4v) is 2.45. The van der Waals surface area contributed by atoms with Crippen LogP contribution in [0.15, 0.2) is 12.3 Å². The van der Waals surface area contributed by atoms with Crippen LogP contribution in [0.25, 0.3) is 0 Å². The van der Waals surface area contributed by atoms with Gasteiger partial charge in [-0.25, -0.2) is 14.8 Å². The van der Waals surface area contributed by atoms with E-state index in [2.05, 4.69) is 9.97 Å². The number of carbonyl (C=O) groups excluding carboxylic acids is 1. The molecule has 6 heteroatoms. The van der Waals surface area contributed by atoms with Crippen molar-refractivity contribution in [1.29, 1.82) is 0 Å². The Morgan fingerprint density at radius 1 is 1.52 bits per heavy atom. The van der Waals surface area contributed by atoms with Crippen molar-refractivity contribution in [3.63, 3.8) is 0 Å². The lowest BCUT2D eigenvalue weighted by Gasteiger charge is -2.33. The largest absolute Gasteiger partial charge is 0.444 e.